The third kappa shape index (κ3) is 4.96. The molecule has 0 bridgehead atoms. The standard InChI is InChI=1S/C23H27N3O5/c1-25(2)22(28)16-6-8-17(9-7-16)24-18-14-21(27)26(23(18)29)12-11-15-5-10-19(30-3)20(13-15)31-4/h5-10,13,18,24H,11-12,14H2,1-4H3/t18-/m0/s1. The average molecular weight is 425 g/mol. The van der Waals surface area contributed by atoms with Gasteiger partial charge < -0.3 is 19.7 Å². The summed E-state index contributed by atoms with van der Waals surface area (Å²) in [6.07, 6.45) is 0.620. The predicted octanol–water partition coefficient (Wildman–Crippen LogP) is 2.19. The van der Waals surface area contributed by atoms with Crippen LogP contribution >= 0.6 is 0 Å². The number of methoxy groups -OCH3 is 2. The number of benzene rings is 2. The summed E-state index contributed by atoms with van der Waals surface area (Å²) in [6.45, 7) is 0.293. The molecule has 2 aromatic rings. The highest BCUT2D eigenvalue weighted by atomic mass is 16.5. The van der Waals surface area contributed by atoms with Crippen molar-refractivity contribution in [3.63, 3.8) is 0 Å². The second-order valence-corrected chi connectivity index (χ2v) is 7.50. The lowest BCUT2D eigenvalue weighted by atomic mass is 10.1. The van der Waals surface area contributed by atoms with Gasteiger partial charge in [0.15, 0.2) is 11.5 Å². The van der Waals surface area contributed by atoms with E-state index in [1.165, 1.54) is 9.80 Å². The smallest absolute Gasteiger partial charge is 0.253 e. The fourth-order valence-electron chi connectivity index (χ4n) is 3.48. The molecule has 3 amide bonds. The molecule has 2 aromatic carbocycles. The van der Waals surface area contributed by atoms with Crippen LogP contribution in [-0.2, 0) is 16.0 Å². The van der Waals surface area contributed by atoms with Gasteiger partial charge in [-0.3, -0.25) is 19.3 Å². The minimum atomic E-state index is -0.617. The third-order valence-corrected chi connectivity index (χ3v) is 5.19. The molecule has 1 heterocycles. The molecule has 0 aromatic heterocycles. The lowest BCUT2D eigenvalue weighted by molar-refractivity contribution is -0.138. The summed E-state index contributed by atoms with van der Waals surface area (Å²) >= 11 is 0. The van der Waals surface area contributed by atoms with Crippen LogP contribution in [0.5, 0.6) is 11.5 Å². The van der Waals surface area contributed by atoms with Crippen LogP contribution in [0.4, 0.5) is 5.69 Å². The van der Waals surface area contributed by atoms with E-state index in [0.29, 0.717) is 35.7 Å². The van der Waals surface area contributed by atoms with Crippen LogP contribution in [0.2, 0.25) is 0 Å². The third-order valence-electron chi connectivity index (χ3n) is 5.19. The number of carbonyl (C=O) groups is 3. The van der Waals surface area contributed by atoms with Gasteiger partial charge >= 0.3 is 0 Å². The van der Waals surface area contributed by atoms with Gasteiger partial charge in [-0.1, -0.05) is 6.07 Å². The van der Waals surface area contributed by atoms with E-state index in [4.69, 9.17) is 9.47 Å². The Labute approximate surface area is 181 Å². The quantitative estimate of drug-likeness (QED) is 0.653. The molecule has 1 fully saturated rings. The first-order chi connectivity index (χ1) is 14.8. The van der Waals surface area contributed by atoms with Gasteiger partial charge in [-0.15, -0.1) is 0 Å². The molecule has 31 heavy (non-hydrogen) atoms. The van der Waals surface area contributed by atoms with Crippen LogP contribution in [-0.4, -0.2) is 68.4 Å². The van der Waals surface area contributed by atoms with Crippen LogP contribution in [0, 0.1) is 0 Å². The summed E-state index contributed by atoms with van der Waals surface area (Å²) in [5.41, 5.74) is 2.18. The maximum atomic E-state index is 12.8. The Morgan fingerprint density at radius 2 is 1.74 bits per heavy atom. The maximum Gasteiger partial charge on any atom is 0.253 e. The van der Waals surface area contributed by atoms with Gasteiger partial charge in [0.25, 0.3) is 11.8 Å². The van der Waals surface area contributed by atoms with E-state index < -0.39 is 6.04 Å². The summed E-state index contributed by atoms with van der Waals surface area (Å²) < 4.78 is 10.5. The molecular weight excluding hydrogens is 398 g/mol. The van der Waals surface area contributed by atoms with Crippen LogP contribution < -0.4 is 14.8 Å². The van der Waals surface area contributed by atoms with Gasteiger partial charge in [0.05, 0.1) is 20.6 Å². The van der Waals surface area contributed by atoms with Gasteiger partial charge in [-0.05, 0) is 48.4 Å². The number of hydrogen-bond donors (Lipinski definition) is 1. The summed E-state index contributed by atoms with van der Waals surface area (Å²) in [4.78, 5) is 40.0. The zero-order valence-electron chi connectivity index (χ0n) is 18.2. The van der Waals surface area contributed by atoms with E-state index in [1.54, 1.807) is 58.6 Å². The molecule has 0 radical (unpaired) electrons. The minimum absolute atomic E-state index is 0.0972. The highest BCUT2D eigenvalue weighted by Crippen LogP contribution is 2.28. The number of imide groups is 1. The molecule has 1 atom stereocenters. The summed E-state index contributed by atoms with van der Waals surface area (Å²) in [6, 6.07) is 11.8. The average Bonchev–Trinajstić information content (AvgIpc) is 3.04. The van der Waals surface area contributed by atoms with Gasteiger partial charge in [0.1, 0.15) is 6.04 Å². The first kappa shape index (κ1) is 22.1. The summed E-state index contributed by atoms with van der Waals surface area (Å²) in [7, 11) is 6.51. The summed E-state index contributed by atoms with van der Waals surface area (Å²) in [5, 5.41) is 3.10. The van der Waals surface area contributed by atoms with Crippen molar-refractivity contribution < 1.29 is 23.9 Å². The molecule has 0 saturated carbocycles. The molecule has 0 unspecified atom stereocenters. The van der Waals surface area contributed by atoms with E-state index in [9.17, 15) is 14.4 Å². The first-order valence-electron chi connectivity index (χ1n) is 9.97. The van der Waals surface area contributed by atoms with Crippen LogP contribution in [0.3, 0.4) is 0 Å². The van der Waals surface area contributed by atoms with E-state index in [2.05, 4.69) is 5.32 Å². The predicted molar refractivity (Wildman–Crippen MR) is 116 cm³/mol. The fourth-order valence-corrected chi connectivity index (χ4v) is 3.48. The van der Waals surface area contributed by atoms with E-state index in [-0.39, 0.29) is 24.1 Å². The van der Waals surface area contributed by atoms with Gasteiger partial charge in [0.2, 0.25) is 5.91 Å². The van der Waals surface area contributed by atoms with Crippen molar-refractivity contribution in [1.82, 2.24) is 9.80 Å². The van der Waals surface area contributed by atoms with Crippen LogP contribution in [0.15, 0.2) is 42.5 Å². The van der Waals surface area contributed by atoms with Gasteiger partial charge in [-0.2, -0.15) is 0 Å². The largest absolute Gasteiger partial charge is 0.493 e. The lowest BCUT2D eigenvalue weighted by Gasteiger charge is -2.17. The van der Waals surface area contributed by atoms with E-state index in [0.717, 1.165) is 5.56 Å². The number of amides is 3. The second-order valence-electron chi connectivity index (χ2n) is 7.50. The number of hydrogen-bond acceptors (Lipinski definition) is 6. The molecule has 164 valence electrons. The van der Waals surface area contributed by atoms with Crippen molar-refractivity contribution in [2.45, 2.75) is 18.9 Å². The number of likely N-dealkylation sites (tertiary alicyclic amines) is 1. The number of rotatable bonds is 8. The molecule has 1 aliphatic heterocycles. The number of nitrogens with one attached hydrogen (secondary N) is 1. The Kier molecular flexibility index (Phi) is 6.79. The summed E-state index contributed by atoms with van der Waals surface area (Å²) in [5.74, 6) is 0.679. The van der Waals surface area contributed by atoms with Crippen molar-refractivity contribution in [1.29, 1.82) is 0 Å². The monoisotopic (exact) mass is 425 g/mol. The number of nitrogens with zero attached hydrogens (tertiary/aromatic N) is 2. The Balaban J connectivity index is 1.61. The van der Waals surface area contributed by atoms with E-state index >= 15 is 0 Å². The molecule has 1 saturated heterocycles. The fraction of sp³-hybridized carbons (Fsp3) is 0.348. The topological polar surface area (TPSA) is 88.2 Å². The molecule has 8 heteroatoms. The number of ether oxygens (including phenoxy) is 2. The zero-order chi connectivity index (χ0) is 22.5. The van der Waals surface area contributed by atoms with Crippen molar-refractivity contribution in [2.75, 3.05) is 40.2 Å². The first-order valence-corrected chi connectivity index (χ1v) is 9.97. The highest BCUT2D eigenvalue weighted by molar-refractivity contribution is 6.06. The van der Waals surface area contributed by atoms with Crippen LogP contribution in [0.25, 0.3) is 0 Å². The molecule has 1 aliphatic rings. The Hall–Kier alpha value is -3.55. The second kappa shape index (κ2) is 9.51. The van der Waals surface area contributed by atoms with Crippen molar-refractivity contribution in [3.8, 4) is 11.5 Å². The number of anilines is 1. The number of carbonyl (C=O) groups excluding carboxylic acids is 3. The van der Waals surface area contributed by atoms with Crippen molar-refractivity contribution in [2.24, 2.45) is 0 Å². The van der Waals surface area contributed by atoms with Gasteiger partial charge in [-0.25, -0.2) is 0 Å². The minimum Gasteiger partial charge on any atom is -0.493 e. The molecular formula is C23H27N3O5. The highest BCUT2D eigenvalue weighted by Gasteiger charge is 2.38. The zero-order valence-corrected chi connectivity index (χ0v) is 18.2. The Bertz CT molecular complexity index is 972. The SMILES string of the molecule is COc1ccc(CCN2C(=O)C[C@H](Nc3ccc(C(=O)N(C)C)cc3)C2=O)cc1OC. The van der Waals surface area contributed by atoms with E-state index in [1.807, 2.05) is 12.1 Å². The maximum absolute atomic E-state index is 12.8. The molecule has 1 N–H and O–H groups in total. The van der Waals surface area contributed by atoms with Gasteiger partial charge in [0, 0.05) is 31.9 Å². The normalized spacial score (nSPS) is 15.7. The Morgan fingerprint density at radius 1 is 1.06 bits per heavy atom. The molecule has 0 spiro atoms. The molecule has 8 nitrogen and oxygen atoms in total. The Morgan fingerprint density at radius 3 is 2.35 bits per heavy atom. The van der Waals surface area contributed by atoms with Crippen molar-refractivity contribution >= 4 is 23.4 Å². The molecule has 0 aliphatic carbocycles. The molecule has 3 rings (SSSR count). The van der Waals surface area contributed by atoms with Crippen molar-refractivity contribution in [3.05, 3.63) is 53.6 Å². The lowest BCUT2D eigenvalue weighted by Crippen LogP contribution is -2.36. The van der Waals surface area contributed by atoms with Crippen LogP contribution in [0.1, 0.15) is 22.3 Å².